The third-order valence-corrected chi connectivity index (χ3v) is 2.43. The van der Waals surface area contributed by atoms with Gasteiger partial charge in [-0.25, -0.2) is 9.31 Å². The first kappa shape index (κ1) is 13.9. The number of aromatic nitrogens is 2. The van der Waals surface area contributed by atoms with E-state index in [4.69, 9.17) is 10.5 Å². The van der Waals surface area contributed by atoms with Crippen molar-refractivity contribution in [3.8, 4) is 0 Å². The zero-order chi connectivity index (χ0) is 14.9. The molecule has 0 spiro atoms. The number of fused-ring (bicyclic) bond motifs is 1. The number of amides is 2. The smallest absolute Gasteiger partial charge is 0.412 e. The SMILES string of the molecule is CC(C)(C)OC(=O)Nc1ccn2ncc(C(N)=O)c2c1. The Kier molecular flexibility index (Phi) is 3.35. The number of primary amides is 1. The van der Waals surface area contributed by atoms with E-state index in [1.54, 1.807) is 39.1 Å². The molecule has 0 saturated heterocycles. The maximum atomic E-state index is 11.7. The Morgan fingerprint density at radius 1 is 1.40 bits per heavy atom. The molecule has 0 saturated carbocycles. The van der Waals surface area contributed by atoms with Gasteiger partial charge in [0.15, 0.2) is 0 Å². The van der Waals surface area contributed by atoms with Crippen LogP contribution in [-0.4, -0.2) is 27.2 Å². The lowest BCUT2D eigenvalue weighted by molar-refractivity contribution is 0.0635. The lowest BCUT2D eigenvalue weighted by atomic mass is 10.2. The highest BCUT2D eigenvalue weighted by Gasteiger charge is 2.17. The third-order valence-electron chi connectivity index (χ3n) is 2.43. The molecule has 0 bridgehead atoms. The third kappa shape index (κ3) is 3.05. The van der Waals surface area contributed by atoms with Crippen molar-refractivity contribution in [2.45, 2.75) is 26.4 Å². The fourth-order valence-electron chi connectivity index (χ4n) is 1.67. The van der Waals surface area contributed by atoms with Crippen molar-refractivity contribution in [1.82, 2.24) is 9.61 Å². The van der Waals surface area contributed by atoms with Gasteiger partial charge in [-0.15, -0.1) is 0 Å². The van der Waals surface area contributed by atoms with Crippen LogP contribution in [0.25, 0.3) is 5.52 Å². The predicted molar refractivity (Wildman–Crippen MR) is 73.6 cm³/mol. The van der Waals surface area contributed by atoms with E-state index < -0.39 is 17.6 Å². The molecule has 2 aromatic heterocycles. The van der Waals surface area contributed by atoms with E-state index in [0.29, 0.717) is 11.2 Å². The van der Waals surface area contributed by atoms with Crippen molar-refractivity contribution in [3.05, 3.63) is 30.1 Å². The van der Waals surface area contributed by atoms with Crippen LogP contribution in [0.1, 0.15) is 31.1 Å². The molecular formula is C13H16N4O3. The molecule has 0 atom stereocenters. The quantitative estimate of drug-likeness (QED) is 0.873. The first-order chi connectivity index (χ1) is 9.26. The van der Waals surface area contributed by atoms with Gasteiger partial charge in [-0.05, 0) is 32.9 Å². The Hall–Kier alpha value is -2.57. The second-order valence-corrected chi connectivity index (χ2v) is 5.29. The van der Waals surface area contributed by atoms with Crippen LogP contribution < -0.4 is 11.1 Å². The second-order valence-electron chi connectivity index (χ2n) is 5.29. The molecule has 2 aromatic rings. The van der Waals surface area contributed by atoms with Gasteiger partial charge in [0.1, 0.15) is 5.60 Å². The Labute approximate surface area is 115 Å². The minimum absolute atomic E-state index is 0.290. The van der Waals surface area contributed by atoms with E-state index in [1.807, 2.05) is 0 Å². The molecule has 7 nitrogen and oxygen atoms in total. The standard InChI is InChI=1S/C13H16N4O3/c1-13(2,3)20-12(19)16-8-4-5-17-10(6-8)9(7-15-17)11(14)18/h4-7H,1-3H3,(H2,14,18)(H,16,19). The van der Waals surface area contributed by atoms with Crippen LogP contribution in [0.4, 0.5) is 10.5 Å². The Balaban J connectivity index is 2.25. The maximum Gasteiger partial charge on any atom is 0.412 e. The average Bonchev–Trinajstić information content (AvgIpc) is 2.69. The Morgan fingerprint density at radius 2 is 2.10 bits per heavy atom. The highest BCUT2D eigenvalue weighted by atomic mass is 16.6. The summed E-state index contributed by atoms with van der Waals surface area (Å²) in [4.78, 5) is 22.9. The van der Waals surface area contributed by atoms with Gasteiger partial charge in [0.2, 0.25) is 0 Å². The molecule has 0 radical (unpaired) electrons. The van der Waals surface area contributed by atoms with Crippen LogP contribution in [0, 0.1) is 0 Å². The molecule has 7 heteroatoms. The normalized spacial score (nSPS) is 11.3. The van der Waals surface area contributed by atoms with Crippen LogP contribution in [-0.2, 0) is 4.74 Å². The average molecular weight is 276 g/mol. The zero-order valence-corrected chi connectivity index (χ0v) is 11.5. The number of anilines is 1. The molecule has 2 amide bonds. The number of carbonyl (C=O) groups excluding carboxylic acids is 2. The molecule has 0 unspecified atom stereocenters. The first-order valence-corrected chi connectivity index (χ1v) is 6.03. The van der Waals surface area contributed by atoms with Gasteiger partial charge in [0, 0.05) is 11.9 Å². The fourth-order valence-corrected chi connectivity index (χ4v) is 1.67. The summed E-state index contributed by atoms with van der Waals surface area (Å²) in [6.07, 6.45) is 2.44. The van der Waals surface area contributed by atoms with Crippen molar-refractivity contribution in [2.75, 3.05) is 5.32 Å². The fraction of sp³-hybridized carbons (Fsp3) is 0.308. The van der Waals surface area contributed by atoms with E-state index in [0.717, 1.165) is 0 Å². The van der Waals surface area contributed by atoms with E-state index >= 15 is 0 Å². The van der Waals surface area contributed by atoms with Gasteiger partial charge < -0.3 is 10.5 Å². The van der Waals surface area contributed by atoms with Gasteiger partial charge >= 0.3 is 6.09 Å². The predicted octanol–water partition coefficient (Wildman–Crippen LogP) is 1.78. The molecule has 3 N–H and O–H groups in total. The van der Waals surface area contributed by atoms with Gasteiger partial charge in [-0.1, -0.05) is 0 Å². The number of nitrogens with two attached hydrogens (primary N) is 1. The molecule has 2 rings (SSSR count). The van der Waals surface area contributed by atoms with Crippen molar-refractivity contribution >= 4 is 23.2 Å². The first-order valence-electron chi connectivity index (χ1n) is 6.03. The lowest BCUT2D eigenvalue weighted by Crippen LogP contribution is -2.27. The number of hydrogen-bond acceptors (Lipinski definition) is 4. The monoisotopic (exact) mass is 276 g/mol. The number of rotatable bonds is 2. The van der Waals surface area contributed by atoms with E-state index in [1.165, 1.54) is 10.7 Å². The number of hydrogen-bond donors (Lipinski definition) is 2. The minimum Gasteiger partial charge on any atom is -0.444 e. The number of ether oxygens (including phenoxy) is 1. The van der Waals surface area contributed by atoms with Gasteiger partial charge in [0.05, 0.1) is 17.3 Å². The van der Waals surface area contributed by atoms with Crippen LogP contribution in [0.3, 0.4) is 0 Å². The summed E-state index contributed by atoms with van der Waals surface area (Å²) in [6.45, 7) is 5.33. The largest absolute Gasteiger partial charge is 0.444 e. The van der Waals surface area contributed by atoms with Gasteiger partial charge in [-0.3, -0.25) is 10.1 Å². The molecule has 0 aliphatic rings. The highest BCUT2D eigenvalue weighted by Crippen LogP contribution is 2.17. The summed E-state index contributed by atoms with van der Waals surface area (Å²) in [5, 5.41) is 6.58. The summed E-state index contributed by atoms with van der Waals surface area (Å²) < 4.78 is 6.65. The van der Waals surface area contributed by atoms with E-state index in [9.17, 15) is 9.59 Å². The van der Waals surface area contributed by atoms with Crippen molar-refractivity contribution in [1.29, 1.82) is 0 Å². The minimum atomic E-state index is -0.580. The van der Waals surface area contributed by atoms with Crippen LogP contribution >= 0.6 is 0 Å². The maximum absolute atomic E-state index is 11.7. The molecule has 2 heterocycles. The summed E-state index contributed by atoms with van der Waals surface area (Å²) in [5.41, 5.74) is 5.98. The Morgan fingerprint density at radius 3 is 2.70 bits per heavy atom. The van der Waals surface area contributed by atoms with Crippen molar-refractivity contribution < 1.29 is 14.3 Å². The van der Waals surface area contributed by atoms with Crippen LogP contribution in [0.2, 0.25) is 0 Å². The number of carbonyl (C=O) groups is 2. The summed E-state index contributed by atoms with van der Waals surface area (Å²) >= 11 is 0. The topological polar surface area (TPSA) is 98.7 Å². The molecular weight excluding hydrogens is 260 g/mol. The Bertz CT molecular complexity index is 670. The molecule has 106 valence electrons. The highest BCUT2D eigenvalue weighted by molar-refractivity contribution is 6.00. The van der Waals surface area contributed by atoms with E-state index in [-0.39, 0.29) is 5.56 Å². The summed E-state index contributed by atoms with van der Waals surface area (Å²) in [5.74, 6) is -0.575. The number of nitrogens with zero attached hydrogens (tertiary/aromatic N) is 2. The lowest BCUT2D eigenvalue weighted by Gasteiger charge is -2.19. The molecule has 20 heavy (non-hydrogen) atoms. The van der Waals surface area contributed by atoms with Crippen LogP contribution in [0.15, 0.2) is 24.5 Å². The number of nitrogens with one attached hydrogen (secondary N) is 1. The van der Waals surface area contributed by atoms with E-state index in [2.05, 4.69) is 10.4 Å². The molecule has 0 aliphatic heterocycles. The van der Waals surface area contributed by atoms with Crippen LogP contribution in [0.5, 0.6) is 0 Å². The molecule has 0 aliphatic carbocycles. The van der Waals surface area contributed by atoms with Gasteiger partial charge in [0.25, 0.3) is 5.91 Å². The van der Waals surface area contributed by atoms with Crippen molar-refractivity contribution in [3.63, 3.8) is 0 Å². The summed E-state index contributed by atoms with van der Waals surface area (Å²) in [7, 11) is 0. The number of pyridine rings is 1. The molecule has 0 fully saturated rings. The zero-order valence-electron chi connectivity index (χ0n) is 11.5. The van der Waals surface area contributed by atoms with Crippen molar-refractivity contribution in [2.24, 2.45) is 5.73 Å². The van der Waals surface area contributed by atoms with Gasteiger partial charge in [-0.2, -0.15) is 5.10 Å². The summed E-state index contributed by atoms with van der Waals surface area (Å²) in [6, 6.07) is 3.26. The second kappa shape index (κ2) is 4.84. The molecule has 0 aromatic carbocycles.